The van der Waals surface area contributed by atoms with Gasteiger partial charge >= 0.3 is 0 Å². The van der Waals surface area contributed by atoms with E-state index in [9.17, 15) is 0 Å². The lowest BCUT2D eigenvalue weighted by Gasteiger charge is -2.22. The fourth-order valence-electron chi connectivity index (χ4n) is 3.12. The van der Waals surface area contributed by atoms with Crippen LogP contribution in [-0.4, -0.2) is 16.8 Å². The van der Waals surface area contributed by atoms with Crippen LogP contribution in [0.4, 0.5) is 0 Å². The third-order valence-electron chi connectivity index (χ3n) is 4.34. The monoisotopic (exact) mass is 367 g/mol. The van der Waals surface area contributed by atoms with Gasteiger partial charge in [-0.25, -0.2) is 0 Å². The molecule has 0 aliphatic heterocycles. The fourth-order valence-corrected chi connectivity index (χ4v) is 4.88. The smallest absolute Gasteiger partial charge is 0.0644 e. The Balaban J connectivity index is 1.69. The van der Waals surface area contributed by atoms with Crippen LogP contribution in [0.2, 0.25) is 0 Å². The van der Waals surface area contributed by atoms with Gasteiger partial charge in [0, 0.05) is 28.0 Å². The lowest BCUT2D eigenvalue weighted by Crippen LogP contribution is -2.19. The number of thiophene rings is 1. The number of hydrogen-bond acceptors (Lipinski definition) is 3. The number of likely N-dealkylation sites (N-methyl/N-ethyl adjacent to an activating group) is 1. The molecular weight excluding hydrogens is 346 g/mol. The molecule has 3 nitrogen and oxygen atoms in total. The summed E-state index contributed by atoms with van der Waals surface area (Å²) in [6.07, 6.45) is 9.76. The summed E-state index contributed by atoms with van der Waals surface area (Å²) >= 11 is 5.43. The first-order chi connectivity index (χ1) is 10.3. The largest absolute Gasteiger partial charge is 0.312 e. The second-order valence-electron chi connectivity index (χ2n) is 5.76. The molecule has 0 bridgehead atoms. The Morgan fingerprint density at radius 3 is 2.86 bits per heavy atom. The van der Waals surface area contributed by atoms with E-state index in [1.54, 1.807) is 11.3 Å². The average molecular weight is 368 g/mol. The van der Waals surface area contributed by atoms with Gasteiger partial charge in [-0.1, -0.05) is 19.3 Å². The lowest BCUT2D eigenvalue weighted by atomic mass is 9.96. The van der Waals surface area contributed by atoms with Crippen molar-refractivity contribution in [1.29, 1.82) is 0 Å². The maximum atomic E-state index is 4.83. The van der Waals surface area contributed by atoms with Gasteiger partial charge in [0.05, 0.1) is 11.7 Å². The Morgan fingerprint density at radius 2 is 2.19 bits per heavy atom. The van der Waals surface area contributed by atoms with Crippen LogP contribution in [0.15, 0.2) is 28.2 Å². The molecule has 3 rings (SSSR count). The number of aromatic nitrogens is 2. The second-order valence-corrected chi connectivity index (χ2v) is 7.56. The lowest BCUT2D eigenvalue weighted by molar-refractivity contribution is 0.327. The number of nitrogens with one attached hydrogen (secondary N) is 1. The summed E-state index contributed by atoms with van der Waals surface area (Å²) in [5.41, 5.74) is 1.18. The molecule has 1 fully saturated rings. The van der Waals surface area contributed by atoms with Gasteiger partial charge in [0.15, 0.2) is 0 Å². The van der Waals surface area contributed by atoms with E-state index in [0.29, 0.717) is 12.1 Å². The Hall–Kier alpha value is -0.650. The first-order valence-electron chi connectivity index (χ1n) is 7.72. The van der Waals surface area contributed by atoms with Gasteiger partial charge in [0.25, 0.3) is 0 Å². The Labute approximate surface area is 138 Å². The van der Waals surface area contributed by atoms with Crippen LogP contribution in [0.25, 0.3) is 0 Å². The van der Waals surface area contributed by atoms with Gasteiger partial charge < -0.3 is 5.32 Å². The van der Waals surface area contributed by atoms with Gasteiger partial charge in [-0.2, -0.15) is 5.10 Å². The Morgan fingerprint density at radius 1 is 1.38 bits per heavy atom. The minimum absolute atomic E-state index is 0.328. The van der Waals surface area contributed by atoms with Crippen LogP contribution < -0.4 is 5.32 Å². The number of halogens is 1. The molecule has 0 amide bonds. The summed E-state index contributed by atoms with van der Waals surface area (Å²) in [6.45, 7) is 0. The van der Waals surface area contributed by atoms with Crippen molar-refractivity contribution in [3.63, 3.8) is 0 Å². The van der Waals surface area contributed by atoms with Gasteiger partial charge in [-0.05, 0) is 53.3 Å². The zero-order valence-corrected chi connectivity index (χ0v) is 14.8. The molecule has 2 aromatic heterocycles. The summed E-state index contributed by atoms with van der Waals surface area (Å²) in [7, 11) is 2.02. The van der Waals surface area contributed by atoms with Gasteiger partial charge in [0.1, 0.15) is 0 Å². The van der Waals surface area contributed by atoms with E-state index in [1.807, 2.05) is 7.05 Å². The van der Waals surface area contributed by atoms with Gasteiger partial charge in [-0.15, -0.1) is 11.3 Å². The molecule has 0 aromatic carbocycles. The average Bonchev–Trinajstić information content (AvgIpc) is 3.15. The second kappa shape index (κ2) is 7.07. The minimum atomic E-state index is 0.328. The predicted molar refractivity (Wildman–Crippen MR) is 91.9 cm³/mol. The molecule has 0 saturated heterocycles. The van der Waals surface area contributed by atoms with Crippen LogP contribution in [-0.2, 0) is 6.42 Å². The van der Waals surface area contributed by atoms with Crippen molar-refractivity contribution >= 4 is 27.3 Å². The fraction of sp³-hybridized carbons (Fsp3) is 0.562. The summed E-state index contributed by atoms with van der Waals surface area (Å²) in [6, 6.07) is 5.24. The molecular formula is C16H22BrN3S. The van der Waals surface area contributed by atoms with Crippen LogP contribution in [0.3, 0.4) is 0 Å². The van der Waals surface area contributed by atoms with Crippen molar-refractivity contribution in [3.05, 3.63) is 38.8 Å². The molecule has 1 N–H and O–H groups in total. The molecule has 114 valence electrons. The van der Waals surface area contributed by atoms with Crippen LogP contribution in [0.5, 0.6) is 0 Å². The summed E-state index contributed by atoms with van der Waals surface area (Å²) in [5.74, 6) is 0. The Kier molecular flexibility index (Phi) is 5.14. The third kappa shape index (κ3) is 3.58. The van der Waals surface area contributed by atoms with Crippen molar-refractivity contribution in [3.8, 4) is 0 Å². The first-order valence-corrected chi connectivity index (χ1v) is 9.39. The maximum Gasteiger partial charge on any atom is 0.0644 e. The third-order valence-corrected chi connectivity index (χ3v) is 6.32. The summed E-state index contributed by atoms with van der Waals surface area (Å²) in [4.78, 5) is 1.35. The van der Waals surface area contributed by atoms with Crippen molar-refractivity contribution in [1.82, 2.24) is 15.1 Å². The normalized spacial score (nSPS) is 18.0. The molecule has 2 heterocycles. The van der Waals surface area contributed by atoms with Gasteiger partial charge in [-0.3, -0.25) is 4.68 Å². The SMILES string of the molecule is CNC(Cc1ccn(C2CCCCC2)n1)c1sccc1Br. The highest BCUT2D eigenvalue weighted by molar-refractivity contribution is 9.10. The van der Waals surface area contributed by atoms with E-state index in [0.717, 1.165) is 6.42 Å². The maximum absolute atomic E-state index is 4.83. The zero-order chi connectivity index (χ0) is 14.7. The van der Waals surface area contributed by atoms with E-state index in [2.05, 4.69) is 49.6 Å². The molecule has 1 aliphatic carbocycles. The molecule has 1 atom stereocenters. The molecule has 21 heavy (non-hydrogen) atoms. The molecule has 5 heteroatoms. The first kappa shape index (κ1) is 15.3. The van der Waals surface area contributed by atoms with E-state index < -0.39 is 0 Å². The highest BCUT2D eigenvalue weighted by Gasteiger charge is 2.19. The standard InChI is InChI=1S/C16H22BrN3S/c1-18-15(16-14(17)8-10-21-16)11-12-7-9-20(19-12)13-5-3-2-4-6-13/h7-10,13,15,18H,2-6,11H2,1H3. The summed E-state index contributed by atoms with van der Waals surface area (Å²) in [5, 5.41) is 10.4. The molecule has 0 spiro atoms. The van der Waals surface area contributed by atoms with Crippen LogP contribution in [0.1, 0.15) is 54.8 Å². The molecule has 1 aliphatic rings. The predicted octanol–water partition coefficient (Wildman–Crippen LogP) is 4.72. The zero-order valence-electron chi connectivity index (χ0n) is 12.4. The molecule has 1 unspecified atom stereocenters. The number of rotatable bonds is 5. The molecule has 2 aromatic rings. The summed E-state index contributed by atoms with van der Waals surface area (Å²) < 4.78 is 3.39. The van der Waals surface area contributed by atoms with Crippen LogP contribution >= 0.6 is 27.3 Å². The highest BCUT2D eigenvalue weighted by atomic mass is 79.9. The molecule has 0 radical (unpaired) electrons. The Bertz CT molecular complexity index is 572. The van der Waals surface area contributed by atoms with E-state index in [4.69, 9.17) is 5.10 Å². The van der Waals surface area contributed by atoms with Gasteiger partial charge in [0.2, 0.25) is 0 Å². The highest BCUT2D eigenvalue weighted by Crippen LogP contribution is 2.31. The van der Waals surface area contributed by atoms with Crippen molar-refractivity contribution in [2.24, 2.45) is 0 Å². The molecule has 1 saturated carbocycles. The van der Waals surface area contributed by atoms with Crippen molar-refractivity contribution in [2.45, 2.75) is 50.6 Å². The van der Waals surface area contributed by atoms with Crippen molar-refractivity contribution in [2.75, 3.05) is 7.05 Å². The van der Waals surface area contributed by atoms with Crippen molar-refractivity contribution < 1.29 is 0 Å². The number of nitrogens with zero attached hydrogens (tertiary/aromatic N) is 2. The number of hydrogen-bond donors (Lipinski definition) is 1. The topological polar surface area (TPSA) is 29.9 Å². The van der Waals surface area contributed by atoms with E-state index in [-0.39, 0.29) is 0 Å². The van der Waals surface area contributed by atoms with E-state index in [1.165, 1.54) is 47.1 Å². The van der Waals surface area contributed by atoms with Crippen LogP contribution in [0, 0.1) is 0 Å². The minimum Gasteiger partial charge on any atom is -0.312 e. The quantitative estimate of drug-likeness (QED) is 0.828. The van der Waals surface area contributed by atoms with E-state index >= 15 is 0 Å².